The number of amides is 2. The SMILES string of the molecule is C#CC=NC(=C)c1ccc(NC(=O)/N=C2/C=C(c3cc(C)ccc3OCCC)CC(=O)CS2)c(F)c1. The largest absolute Gasteiger partial charge is 0.493 e. The van der Waals surface area contributed by atoms with Crippen molar-refractivity contribution in [1.82, 2.24) is 0 Å². The van der Waals surface area contributed by atoms with Crippen LogP contribution in [0.5, 0.6) is 5.75 Å². The van der Waals surface area contributed by atoms with E-state index in [-0.39, 0.29) is 23.6 Å². The van der Waals surface area contributed by atoms with E-state index >= 15 is 0 Å². The van der Waals surface area contributed by atoms with Crippen molar-refractivity contribution in [2.24, 2.45) is 9.98 Å². The number of ketones is 1. The number of nitrogens with one attached hydrogen (secondary N) is 1. The minimum Gasteiger partial charge on any atom is -0.493 e. The number of halogens is 1. The summed E-state index contributed by atoms with van der Waals surface area (Å²) in [4.78, 5) is 33.1. The number of rotatable bonds is 7. The van der Waals surface area contributed by atoms with Crippen molar-refractivity contribution in [3.8, 4) is 18.1 Å². The highest BCUT2D eigenvalue weighted by Gasteiger charge is 2.20. The lowest BCUT2D eigenvalue weighted by Crippen LogP contribution is -2.10. The van der Waals surface area contributed by atoms with Gasteiger partial charge in [0.2, 0.25) is 0 Å². The molecule has 0 spiro atoms. The molecule has 0 atom stereocenters. The van der Waals surface area contributed by atoms with Gasteiger partial charge in [0.25, 0.3) is 0 Å². The number of ether oxygens (including phenoxy) is 1. The molecule has 36 heavy (non-hydrogen) atoms. The van der Waals surface area contributed by atoms with Crippen molar-refractivity contribution in [3.63, 3.8) is 0 Å². The highest BCUT2D eigenvalue weighted by Crippen LogP contribution is 2.33. The number of allylic oxidation sites excluding steroid dienone is 1. The summed E-state index contributed by atoms with van der Waals surface area (Å²) in [5.41, 5.74) is 3.19. The molecular formula is C28H26FN3O3S. The van der Waals surface area contributed by atoms with Gasteiger partial charge in [-0.05, 0) is 49.3 Å². The average molecular weight is 504 g/mol. The maximum absolute atomic E-state index is 14.6. The van der Waals surface area contributed by atoms with E-state index in [9.17, 15) is 14.0 Å². The van der Waals surface area contributed by atoms with Gasteiger partial charge in [0.15, 0.2) is 0 Å². The summed E-state index contributed by atoms with van der Waals surface area (Å²) in [6, 6.07) is 9.18. The third-order valence-corrected chi connectivity index (χ3v) is 6.03. The molecule has 3 rings (SSSR count). The van der Waals surface area contributed by atoms with Crippen LogP contribution in [0.3, 0.4) is 0 Å². The Morgan fingerprint density at radius 1 is 1.33 bits per heavy atom. The number of aliphatic imine (C=N–C) groups is 2. The molecule has 6 nitrogen and oxygen atoms in total. The van der Waals surface area contributed by atoms with Crippen molar-refractivity contribution >= 4 is 51.8 Å². The van der Waals surface area contributed by atoms with Crippen molar-refractivity contribution in [2.45, 2.75) is 26.7 Å². The van der Waals surface area contributed by atoms with Gasteiger partial charge in [-0.1, -0.05) is 48.9 Å². The van der Waals surface area contributed by atoms with Crippen LogP contribution in [0.4, 0.5) is 14.9 Å². The lowest BCUT2D eigenvalue weighted by atomic mass is 9.98. The Hall–Kier alpha value is -3.96. The number of terminal acetylenes is 1. The van der Waals surface area contributed by atoms with Gasteiger partial charge in [0.05, 0.1) is 30.0 Å². The standard InChI is InChI=1S/C28H26FN3O3S/c1-5-11-30-19(4)20-8-9-25(24(29)15-20)31-28(34)32-27-16-21(14-22(33)17-36-27)23-13-18(3)7-10-26(23)35-12-6-2/h1,7-11,13,15-16H,4,6,12,14,17H2,2-3H3,(H,31,34)/b30-11?,32-27-. The molecule has 2 amide bonds. The molecule has 1 heterocycles. The highest BCUT2D eigenvalue weighted by atomic mass is 32.2. The molecule has 1 aliphatic rings. The first kappa shape index (κ1) is 26.6. The van der Waals surface area contributed by atoms with Gasteiger partial charge in [-0.25, -0.2) is 14.2 Å². The average Bonchev–Trinajstić information content (AvgIpc) is 3.03. The van der Waals surface area contributed by atoms with E-state index in [1.807, 2.05) is 32.0 Å². The molecule has 184 valence electrons. The molecule has 0 fully saturated rings. The Bertz CT molecular complexity index is 1320. The first-order chi connectivity index (χ1) is 17.3. The number of carbonyl (C=O) groups is 2. The first-order valence-electron chi connectivity index (χ1n) is 11.3. The summed E-state index contributed by atoms with van der Waals surface area (Å²) >= 11 is 1.16. The number of Topliss-reactive ketones (excluding diaryl/α,β-unsaturated/α-hetero) is 1. The minimum absolute atomic E-state index is 0.00848. The number of hydrogen-bond acceptors (Lipinski definition) is 5. The van der Waals surface area contributed by atoms with Crippen molar-refractivity contribution in [3.05, 3.63) is 71.6 Å². The highest BCUT2D eigenvalue weighted by molar-refractivity contribution is 8.14. The Balaban J connectivity index is 1.85. The zero-order chi connectivity index (χ0) is 26.1. The Morgan fingerprint density at radius 3 is 2.86 bits per heavy atom. The molecule has 1 N–H and O–H groups in total. The second-order valence-corrected chi connectivity index (χ2v) is 8.96. The molecule has 1 aliphatic heterocycles. The molecule has 0 bridgehead atoms. The number of hydrogen-bond donors (Lipinski definition) is 1. The lowest BCUT2D eigenvalue weighted by Gasteiger charge is -2.14. The Labute approximate surface area is 214 Å². The molecule has 2 aromatic rings. The minimum atomic E-state index is -0.759. The second kappa shape index (κ2) is 12.7. The fourth-order valence-corrected chi connectivity index (χ4v) is 4.14. The molecular weight excluding hydrogens is 477 g/mol. The number of thioether (sulfide) groups is 1. The molecule has 8 heteroatoms. The normalized spacial score (nSPS) is 14.8. The van der Waals surface area contributed by atoms with E-state index in [4.69, 9.17) is 11.2 Å². The molecule has 0 aliphatic carbocycles. The lowest BCUT2D eigenvalue weighted by molar-refractivity contribution is -0.115. The van der Waals surface area contributed by atoms with Crippen LogP contribution in [-0.2, 0) is 4.79 Å². The second-order valence-electron chi connectivity index (χ2n) is 7.97. The smallest absolute Gasteiger partial charge is 0.346 e. The number of aryl methyl sites for hydroxylation is 1. The Morgan fingerprint density at radius 2 is 2.14 bits per heavy atom. The third kappa shape index (κ3) is 7.27. The van der Waals surface area contributed by atoms with Crippen LogP contribution in [0.1, 0.15) is 36.5 Å². The van der Waals surface area contributed by atoms with E-state index in [0.717, 1.165) is 29.3 Å². The summed E-state index contributed by atoms with van der Waals surface area (Å²) in [6.07, 6.45) is 9.11. The van der Waals surface area contributed by atoms with Gasteiger partial charge in [-0.2, -0.15) is 4.99 Å². The monoisotopic (exact) mass is 503 g/mol. The molecule has 0 unspecified atom stereocenters. The molecule has 0 aromatic heterocycles. The number of anilines is 1. The van der Waals surface area contributed by atoms with E-state index in [2.05, 4.69) is 27.8 Å². The maximum Gasteiger partial charge on any atom is 0.346 e. The van der Waals surface area contributed by atoms with Gasteiger partial charge in [0.1, 0.15) is 22.4 Å². The number of urea groups is 1. The zero-order valence-electron chi connectivity index (χ0n) is 20.1. The topological polar surface area (TPSA) is 80.1 Å². The maximum atomic E-state index is 14.6. The molecule has 0 radical (unpaired) electrons. The molecule has 0 saturated heterocycles. The summed E-state index contributed by atoms with van der Waals surface area (Å²) < 4.78 is 20.5. The first-order valence-corrected chi connectivity index (χ1v) is 12.2. The van der Waals surface area contributed by atoms with E-state index in [0.29, 0.717) is 34.2 Å². The Kier molecular flexibility index (Phi) is 9.37. The fourth-order valence-electron chi connectivity index (χ4n) is 3.36. The molecule has 0 saturated carbocycles. The number of benzene rings is 2. The molecule has 2 aromatic carbocycles. The van der Waals surface area contributed by atoms with Gasteiger partial charge >= 0.3 is 6.03 Å². The van der Waals surface area contributed by atoms with Crippen LogP contribution in [0, 0.1) is 25.1 Å². The zero-order valence-corrected chi connectivity index (χ0v) is 21.0. The van der Waals surface area contributed by atoms with Crippen molar-refractivity contribution < 1.29 is 18.7 Å². The van der Waals surface area contributed by atoms with Gasteiger partial charge in [-0.3, -0.25) is 4.79 Å². The summed E-state index contributed by atoms with van der Waals surface area (Å²) in [6.45, 7) is 8.25. The predicted octanol–water partition coefficient (Wildman–Crippen LogP) is 6.32. The summed E-state index contributed by atoms with van der Waals surface area (Å²) in [5, 5.41) is 2.80. The van der Waals surface area contributed by atoms with E-state index in [1.54, 1.807) is 12.1 Å². The number of carbonyl (C=O) groups excluding carboxylic acids is 2. The van der Waals surface area contributed by atoms with Gasteiger partial charge in [0, 0.05) is 17.5 Å². The van der Waals surface area contributed by atoms with Crippen molar-refractivity contribution in [2.75, 3.05) is 17.7 Å². The van der Waals surface area contributed by atoms with Gasteiger partial charge < -0.3 is 10.1 Å². The van der Waals surface area contributed by atoms with Crippen LogP contribution < -0.4 is 10.1 Å². The van der Waals surface area contributed by atoms with Crippen LogP contribution in [0.25, 0.3) is 11.3 Å². The number of nitrogens with zero attached hydrogens (tertiary/aromatic N) is 2. The van der Waals surface area contributed by atoms with E-state index < -0.39 is 11.8 Å². The third-order valence-electron chi connectivity index (χ3n) is 5.06. The summed E-state index contributed by atoms with van der Waals surface area (Å²) in [5.74, 6) is 2.43. The van der Waals surface area contributed by atoms with Crippen LogP contribution in [0.15, 0.2) is 59.0 Å². The van der Waals surface area contributed by atoms with Crippen molar-refractivity contribution in [1.29, 1.82) is 0 Å². The predicted molar refractivity (Wildman–Crippen MR) is 146 cm³/mol. The van der Waals surface area contributed by atoms with Crippen LogP contribution in [-0.4, -0.2) is 35.4 Å². The van der Waals surface area contributed by atoms with E-state index in [1.165, 1.54) is 18.3 Å². The van der Waals surface area contributed by atoms with Crippen LogP contribution in [0.2, 0.25) is 0 Å². The van der Waals surface area contributed by atoms with Crippen LogP contribution >= 0.6 is 11.8 Å². The van der Waals surface area contributed by atoms with Gasteiger partial charge in [-0.15, -0.1) is 6.42 Å². The quantitative estimate of drug-likeness (QED) is 0.354. The summed E-state index contributed by atoms with van der Waals surface area (Å²) in [7, 11) is 0. The fraction of sp³-hybridized carbons (Fsp3) is 0.214.